The van der Waals surface area contributed by atoms with E-state index in [1.807, 2.05) is 29.0 Å². The lowest BCUT2D eigenvalue weighted by Crippen LogP contribution is -2.37. The lowest BCUT2D eigenvalue weighted by molar-refractivity contribution is -0.131. The summed E-state index contributed by atoms with van der Waals surface area (Å²) in [5.41, 5.74) is 7.61. The van der Waals surface area contributed by atoms with Gasteiger partial charge in [-0.2, -0.15) is 0 Å². The molecule has 1 aromatic heterocycles. The molecule has 5 heteroatoms. The van der Waals surface area contributed by atoms with Gasteiger partial charge >= 0.3 is 0 Å². The third-order valence-corrected chi connectivity index (χ3v) is 3.41. The standard InChI is InChI=1S/C14H22N4O/c1-17(11-14(19)18-6-2-3-7-18)10-12-4-5-16-13(8-12)9-15/h4-5,8H,2-3,6-7,9-11,15H2,1H3. The Balaban J connectivity index is 1.85. The first-order valence-corrected chi connectivity index (χ1v) is 6.79. The molecule has 0 bridgehead atoms. The lowest BCUT2D eigenvalue weighted by Gasteiger charge is -2.21. The minimum atomic E-state index is 0.230. The Bertz CT molecular complexity index is 429. The van der Waals surface area contributed by atoms with Crippen molar-refractivity contribution in [2.45, 2.75) is 25.9 Å². The Labute approximate surface area is 114 Å². The van der Waals surface area contributed by atoms with Crippen LogP contribution in [0.15, 0.2) is 18.3 Å². The minimum Gasteiger partial charge on any atom is -0.342 e. The summed E-state index contributed by atoms with van der Waals surface area (Å²) in [6.07, 6.45) is 4.05. The fourth-order valence-corrected chi connectivity index (χ4v) is 2.40. The average molecular weight is 262 g/mol. The van der Waals surface area contributed by atoms with Crippen LogP contribution in [0.3, 0.4) is 0 Å². The van der Waals surface area contributed by atoms with Gasteiger partial charge in [0.25, 0.3) is 0 Å². The first-order chi connectivity index (χ1) is 9.19. The molecule has 1 aromatic rings. The number of likely N-dealkylation sites (tertiary alicyclic amines) is 1. The van der Waals surface area contributed by atoms with E-state index in [2.05, 4.69) is 4.98 Å². The van der Waals surface area contributed by atoms with E-state index < -0.39 is 0 Å². The van der Waals surface area contributed by atoms with Gasteiger partial charge in [0.15, 0.2) is 0 Å². The van der Waals surface area contributed by atoms with Crippen LogP contribution in [-0.2, 0) is 17.9 Å². The fraction of sp³-hybridized carbons (Fsp3) is 0.571. The first-order valence-electron chi connectivity index (χ1n) is 6.79. The summed E-state index contributed by atoms with van der Waals surface area (Å²) >= 11 is 0. The number of hydrogen-bond donors (Lipinski definition) is 1. The number of rotatable bonds is 5. The summed E-state index contributed by atoms with van der Waals surface area (Å²) in [7, 11) is 1.97. The predicted octanol–water partition coefficient (Wildman–Crippen LogP) is 0.595. The third kappa shape index (κ3) is 4.01. The molecular formula is C14H22N4O. The predicted molar refractivity (Wildman–Crippen MR) is 74.3 cm³/mol. The topological polar surface area (TPSA) is 62.5 Å². The van der Waals surface area contributed by atoms with Crippen LogP contribution in [0.25, 0.3) is 0 Å². The number of nitrogens with two attached hydrogens (primary N) is 1. The van der Waals surface area contributed by atoms with Gasteiger partial charge in [-0.15, -0.1) is 0 Å². The van der Waals surface area contributed by atoms with E-state index in [1.165, 1.54) is 0 Å². The summed E-state index contributed by atoms with van der Waals surface area (Å²) in [6.45, 7) is 3.50. The minimum absolute atomic E-state index is 0.230. The molecule has 0 aromatic carbocycles. The molecule has 1 aliphatic rings. The van der Waals surface area contributed by atoms with Crippen LogP contribution in [0.2, 0.25) is 0 Å². The average Bonchev–Trinajstić information content (AvgIpc) is 2.92. The lowest BCUT2D eigenvalue weighted by atomic mass is 10.2. The second-order valence-electron chi connectivity index (χ2n) is 5.12. The molecule has 2 heterocycles. The highest BCUT2D eigenvalue weighted by Gasteiger charge is 2.18. The van der Waals surface area contributed by atoms with Gasteiger partial charge in [-0.1, -0.05) is 0 Å². The van der Waals surface area contributed by atoms with Gasteiger partial charge in [0, 0.05) is 32.4 Å². The highest BCUT2D eigenvalue weighted by Crippen LogP contribution is 2.09. The number of hydrogen-bond acceptors (Lipinski definition) is 4. The molecular weight excluding hydrogens is 240 g/mol. The molecule has 1 saturated heterocycles. The Kier molecular flexibility index (Phi) is 4.87. The van der Waals surface area contributed by atoms with Gasteiger partial charge in [-0.25, -0.2) is 0 Å². The molecule has 0 radical (unpaired) electrons. The molecule has 0 aliphatic carbocycles. The highest BCUT2D eigenvalue weighted by atomic mass is 16.2. The van der Waals surface area contributed by atoms with Crippen LogP contribution < -0.4 is 5.73 Å². The van der Waals surface area contributed by atoms with Crippen molar-refractivity contribution in [2.24, 2.45) is 5.73 Å². The first kappa shape index (κ1) is 14.0. The van der Waals surface area contributed by atoms with Gasteiger partial charge in [0.2, 0.25) is 5.91 Å². The van der Waals surface area contributed by atoms with Crippen molar-refractivity contribution in [1.29, 1.82) is 0 Å². The van der Waals surface area contributed by atoms with E-state index in [0.717, 1.165) is 43.7 Å². The van der Waals surface area contributed by atoms with Crippen LogP contribution in [-0.4, -0.2) is 47.4 Å². The summed E-state index contributed by atoms with van der Waals surface area (Å²) < 4.78 is 0. The van der Waals surface area contributed by atoms with E-state index in [4.69, 9.17) is 5.73 Å². The van der Waals surface area contributed by atoms with Crippen molar-refractivity contribution in [1.82, 2.24) is 14.8 Å². The van der Waals surface area contributed by atoms with Crippen molar-refractivity contribution < 1.29 is 4.79 Å². The molecule has 0 saturated carbocycles. The van der Waals surface area contributed by atoms with Gasteiger partial charge in [-0.05, 0) is 37.6 Å². The number of aromatic nitrogens is 1. The Morgan fingerprint density at radius 2 is 2.21 bits per heavy atom. The van der Waals surface area contributed by atoms with Crippen LogP contribution in [0.4, 0.5) is 0 Å². The second kappa shape index (κ2) is 6.63. The largest absolute Gasteiger partial charge is 0.342 e. The smallest absolute Gasteiger partial charge is 0.236 e. The maximum Gasteiger partial charge on any atom is 0.236 e. The van der Waals surface area contributed by atoms with E-state index >= 15 is 0 Å². The molecule has 1 fully saturated rings. The number of amides is 1. The molecule has 2 rings (SSSR count). The summed E-state index contributed by atoms with van der Waals surface area (Å²) in [5, 5.41) is 0. The normalized spacial score (nSPS) is 15.2. The van der Waals surface area contributed by atoms with Crippen molar-refractivity contribution in [3.8, 4) is 0 Å². The van der Waals surface area contributed by atoms with Crippen molar-refractivity contribution in [3.63, 3.8) is 0 Å². The summed E-state index contributed by atoms with van der Waals surface area (Å²) in [5.74, 6) is 0.230. The van der Waals surface area contributed by atoms with Crippen LogP contribution in [0.5, 0.6) is 0 Å². The number of likely N-dealkylation sites (N-methyl/N-ethyl adjacent to an activating group) is 1. The maximum absolute atomic E-state index is 12.0. The zero-order valence-electron chi connectivity index (χ0n) is 11.5. The Morgan fingerprint density at radius 3 is 2.89 bits per heavy atom. The van der Waals surface area contributed by atoms with Gasteiger partial charge < -0.3 is 10.6 Å². The van der Waals surface area contributed by atoms with E-state index in [0.29, 0.717) is 13.1 Å². The second-order valence-corrected chi connectivity index (χ2v) is 5.12. The van der Waals surface area contributed by atoms with Gasteiger partial charge in [0.1, 0.15) is 0 Å². The molecule has 19 heavy (non-hydrogen) atoms. The van der Waals surface area contributed by atoms with Gasteiger partial charge in [0.05, 0.1) is 12.2 Å². The third-order valence-electron chi connectivity index (χ3n) is 3.41. The van der Waals surface area contributed by atoms with E-state index in [-0.39, 0.29) is 5.91 Å². The molecule has 104 valence electrons. The van der Waals surface area contributed by atoms with Crippen molar-refractivity contribution in [3.05, 3.63) is 29.6 Å². The summed E-state index contributed by atoms with van der Waals surface area (Å²) in [4.78, 5) is 20.2. The zero-order chi connectivity index (χ0) is 13.7. The van der Waals surface area contributed by atoms with Gasteiger partial charge in [-0.3, -0.25) is 14.7 Å². The molecule has 1 aliphatic heterocycles. The quantitative estimate of drug-likeness (QED) is 0.844. The van der Waals surface area contributed by atoms with Crippen molar-refractivity contribution >= 4 is 5.91 Å². The number of carbonyl (C=O) groups is 1. The Morgan fingerprint density at radius 1 is 1.47 bits per heavy atom. The molecule has 1 amide bonds. The van der Waals surface area contributed by atoms with Crippen LogP contribution >= 0.6 is 0 Å². The molecule has 5 nitrogen and oxygen atoms in total. The zero-order valence-corrected chi connectivity index (χ0v) is 11.5. The number of nitrogens with zero attached hydrogens (tertiary/aromatic N) is 3. The SMILES string of the molecule is CN(CC(=O)N1CCCC1)Cc1ccnc(CN)c1. The number of pyridine rings is 1. The molecule has 0 unspecified atom stereocenters. The highest BCUT2D eigenvalue weighted by molar-refractivity contribution is 5.78. The molecule has 0 spiro atoms. The molecule has 0 atom stereocenters. The Hall–Kier alpha value is -1.46. The van der Waals surface area contributed by atoms with Crippen molar-refractivity contribution in [2.75, 3.05) is 26.7 Å². The van der Waals surface area contributed by atoms with Crippen LogP contribution in [0.1, 0.15) is 24.1 Å². The molecule has 2 N–H and O–H groups in total. The summed E-state index contributed by atoms with van der Waals surface area (Å²) in [6, 6.07) is 3.97. The number of carbonyl (C=O) groups excluding carboxylic acids is 1. The van der Waals surface area contributed by atoms with E-state index in [9.17, 15) is 4.79 Å². The fourth-order valence-electron chi connectivity index (χ4n) is 2.40. The monoisotopic (exact) mass is 262 g/mol. The van der Waals surface area contributed by atoms with E-state index in [1.54, 1.807) is 6.20 Å². The van der Waals surface area contributed by atoms with Crippen LogP contribution in [0, 0.1) is 0 Å². The maximum atomic E-state index is 12.0.